The summed E-state index contributed by atoms with van der Waals surface area (Å²) in [5.41, 5.74) is 6.04. The Hall–Kier alpha value is -1.75. The predicted octanol–water partition coefficient (Wildman–Crippen LogP) is 1.71. The molecule has 1 atom stereocenters. The highest BCUT2D eigenvalue weighted by Gasteiger charge is 2.08. The van der Waals surface area contributed by atoms with Gasteiger partial charge in [-0.25, -0.2) is 0 Å². The largest absolute Gasteiger partial charge is 0.504 e. The van der Waals surface area contributed by atoms with E-state index in [4.69, 9.17) is 10.5 Å². The zero-order valence-corrected chi connectivity index (χ0v) is 10.8. The molecule has 1 aromatic carbocycles. The van der Waals surface area contributed by atoms with E-state index >= 15 is 0 Å². The van der Waals surface area contributed by atoms with Crippen LogP contribution in [0.3, 0.4) is 0 Å². The summed E-state index contributed by atoms with van der Waals surface area (Å²) in [5.74, 6) is 0.635. The maximum absolute atomic E-state index is 11.6. The third-order valence-electron chi connectivity index (χ3n) is 2.73. The third-order valence-corrected chi connectivity index (χ3v) is 2.73. The topological polar surface area (TPSA) is 84.6 Å². The van der Waals surface area contributed by atoms with Gasteiger partial charge in [0.1, 0.15) is 0 Å². The fraction of sp³-hybridized carbons (Fsp3) is 0.462. The van der Waals surface area contributed by atoms with Crippen LogP contribution in [0.15, 0.2) is 18.2 Å². The van der Waals surface area contributed by atoms with E-state index in [1.807, 2.05) is 6.92 Å². The summed E-state index contributed by atoms with van der Waals surface area (Å²) in [5, 5.41) is 12.3. The number of nitrogens with one attached hydrogen (secondary N) is 1. The lowest BCUT2D eigenvalue weighted by Crippen LogP contribution is -2.16. The molecule has 1 aromatic rings. The summed E-state index contributed by atoms with van der Waals surface area (Å²) >= 11 is 0. The van der Waals surface area contributed by atoms with Gasteiger partial charge in [-0.3, -0.25) is 4.79 Å². The normalized spacial score (nSPS) is 11.9. The number of ether oxygens (including phenoxy) is 1. The monoisotopic (exact) mass is 252 g/mol. The van der Waals surface area contributed by atoms with E-state index in [9.17, 15) is 9.90 Å². The SMILES string of the molecule is COc1ccc(NC(=O)CCC(C)CN)cc1O. The maximum Gasteiger partial charge on any atom is 0.224 e. The number of methoxy groups -OCH3 is 1. The Morgan fingerprint density at radius 1 is 1.56 bits per heavy atom. The molecule has 0 aliphatic carbocycles. The minimum absolute atomic E-state index is 0.00521. The Bertz CT molecular complexity index is 407. The Labute approximate surface area is 107 Å². The molecule has 18 heavy (non-hydrogen) atoms. The second-order valence-electron chi connectivity index (χ2n) is 4.31. The lowest BCUT2D eigenvalue weighted by molar-refractivity contribution is -0.116. The second kappa shape index (κ2) is 6.86. The predicted molar refractivity (Wildman–Crippen MR) is 70.7 cm³/mol. The fourth-order valence-electron chi connectivity index (χ4n) is 1.49. The highest BCUT2D eigenvalue weighted by atomic mass is 16.5. The minimum atomic E-state index is -0.0835. The Balaban J connectivity index is 2.52. The lowest BCUT2D eigenvalue weighted by atomic mass is 10.1. The number of carbonyl (C=O) groups is 1. The quantitative estimate of drug-likeness (QED) is 0.719. The van der Waals surface area contributed by atoms with E-state index in [1.54, 1.807) is 12.1 Å². The summed E-state index contributed by atoms with van der Waals surface area (Å²) in [7, 11) is 1.47. The standard InChI is InChI=1S/C13H20N2O3/c1-9(8-14)3-6-13(17)15-10-4-5-12(18-2)11(16)7-10/h4-5,7,9,16H,3,6,8,14H2,1-2H3,(H,15,17). The number of benzene rings is 1. The number of rotatable bonds is 6. The van der Waals surface area contributed by atoms with Crippen molar-refractivity contribution in [3.05, 3.63) is 18.2 Å². The van der Waals surface area contributed by atoms with Crippen molar-refractivity contribution in [3.63, 3.8) is 0 Å². The molecule has 1 amide bonds. The van der Waals surface area contributed by atoms with Crippen molar-refractivity contribution in [1.82, 2.24) is 0 Å². The van der Waals surface area contributed by atoms with Crippen LogP contribution in [0.5, 0.6) is 11.5 Å². The van der Waals surface area contributed by atoms with Crippen molar-refractivity contribution < 1.29 is 14.6 Å². The minimum Gasteiger partial charge on any atom is -0.504 e. The van der Waals surface area contributed by atoms with Gasteiger partial charge in [0.2, 0.25) is 5.91 Å². The number of phenols is 1. The zero-order chi connectivity index (χ0) is 13.5. The molecule has 0 heterocycles. The van der Waals surface area contributed by atoms with E-state index in [-0.39, 0.29) is 11.7 Å². The van der Waals surface area contributed by atoms with Crippen molar-refractivity contribution in [2.24, 2.45) is 11.7 Å². The van der Waals surface area contributed by atoms with Gasteiger partial charge in [0, 0.05) is 18.2 Å². The molecule has 0 radical (unpaired) electrons. The molecule has 0 spiro atoms. The molecular formula is C13H20N2O3. The smallest absolute Gasteiger partial charge is 0.224 e. The number of aromatic hydroxyl groups is 1. The third kappa shape index (κ3) is 4.25. The number of anilines is 1. The van der Waals surface area contributed by atoms with Crippen LogP contribution in [0.1, 0.15) is 19.8 Å². The molecule has 0 bridgehead atoms. The molecule has 4 N–H and O–H groups in total. The zero-order valence-electron chi connectivity index (χ0n) is 10.8. The van der Waals surface area contributed by atoms with Crippen molar-refractivity contribution >= 4 is 11.6 Å². The van der Waals surface area contributed by atoms with Crippen LogP contribution >= 0.6 is 0 Å². The summed E-state index contributed by atoms with van der Waals surface area (Å²) in [6.07, 6.45) is 1.18. The van der Waals surface area contributed by atoms with Gasteiger partial charge in [-0.1, -0.05) is 6.92 Å². The molecule has 0 aromatic heterocycles. The molecule has 5 nitrogen and oxygen atoms in total. The van der Waals surface area contributed by atoms with Crippen molar-refractivity contribution in [1.29, 1.82) is 0 Å². The van der Waals surface area contributed by atoms with Gasteiger partial charge >= 0.3 is 0 Å². The molecule has 1 rings (SSSR count). The van der Waals surface area contributed by atoms with Crippen LogP contribution in [0.4, 0.5) is 5.69 Å². The number of hydrogen-bond acceptors (Lipinski definition) is 4. The van der Waals surface area contributed by atoms with Gasteiger partial charge in [0.15, 0.2) is 11.5 Å². The number of nitrogens with two attached hydrogens (primary N) is 1. The van der Waals surface area contributed by atoms with Gasteiger partial charge in [0.25, 0.3) is 0 Å². The average molecular weight is 252 g/mol. The van der Waals surface area contributed by atoms with Gasteiger partial charge in [0.05, 0.1) is 7.11 Å². The first-order valence-electron chi connectivity index (χ1n) is 5.93. The molecule has 0 aliphatic rings. The van der Waals surface area contributed by atoms with Gasteiger partial charge in [-0.2, -0.15) is 0 Å². The van der Waals surface area contributed by atoms with Crippen LogP contribution in [-0.2, 0) is 4.79 Å². The van der Waals surface area contributed by atoms with E-state index in [0.29, 0.717) is 30.3 Å². The van der Waals surface area contributed by atoms with Gasteiger partial charge < -0.3 is 20.9 Å². The first kappa shape index (κ1) is 14.3. The number of carbonyl (C=O) groups excluding carboxylic acids is 1. The lowest BCUT2D eigenvalue weighted by Gasteiger charge is -2.10. The van der Waals surface area contributed by atoms with Gasteiger partial charge in [-0.15, -0.1) is 0 Å². The van der Waals surface area contributed by atoms with Crippen LogP contribution in [-0.4, -0.2) is 24.7 Å². The maximum atomic E-state index is 11.6. The van der Waals surface area contributed by atoms with Crippen molar-refractivity contribution in [3.8, 4) is 11.5 Å². The number of amides is 1. The Kier molecular flexibility index (Phi) is 5.45. The van der Waals surface area contributed by atoms with E-state index in [1.165, 1.54) is 13.2 Å². The van der Waals surface area contributed by atoms with Crippen LogP contribution in [0.2, 0.25) is 0 Å². The van der Waals surface area contributed by atoms with E-state index in [2.05, 4.69) is 5.32 Å². The van der Waals surface area contributed by atoms with Gasteiger partial charge in [-0.05, 0) is 31.0 Å². The van der Waals surface area contributed by atoms with Crippen molar-refractivity contribution in [2.75, 3.05) is 19.0 Å². The second-order valence-corrected chi connectivity index (χ2v) is 4.31. The summed E-state index contributed by atoms with van der Waals surface area (Å²) in [4.78, 5) is 11.6. The van der Waals surface area contributed by atoms with Crippen molar-refractivity contribution in [2.45, 2.75) is 19.8 Å². The summed E-state index contributed by atoms with van der Waals surface area (Å²) < 4.78 is 4.92. The fourth-order valence-corrected chi connectivity index (χ4v) is 1.49. The number of hydrogen-bond donors (Lipinski definition) is 3. The summed E-state index contributed by atoms with van der Waals surface area (Å²) in [6.45, 7) is 2.59. The number of phenolic OH excluding ortho intramolecular Hbond substituents is 1. The van der Waals surface area contributed by atoms with Crippen LogP contribution in [0, 0.1) is 5.92 Å². The summed E-state index contributed by atoms with van der Waals surface area (Å²) in [6, 6.07) is 4.75. The molecule has 0 saturated heterocycles. The van der Waals surface area contributed by atoms with E-state index < -0.39 is 0 Å². The molecule has 0 saturated carbocycles. The molecule has 0 fully saturated rings. The Morgan fingerprint density at radius 3 is 2.83 bits per heavy atom. The molecule has 100 valence electrons. The first-order valence-corrected chi connectivity index (χ1v) is 5.93. The molecule has 0 aliphatic heterocycles. The van der Waals surface area contributed by atoms with E-state index in [0.717, 1.165) is 6.42 Å². The molecule has 1 unspecified atom stereocenters. The van der Waals surface area contributed by atoms with Crippen LogP contribution in [0.25, 0.3) is 0 Å². The molecule has 5 heteroatoms. The molecular weight excluding hydrogens is 232 g/mol. The van der Waals surface area contributed by atoms with Crippen LogP contribution < -0.4 is 15.8 Å². The highest BCUT2D eigenvalue weighted by Crippen LogP contribution is 2.28. The Morgan fingerprint density at radius 2 is 2.28 bits per heavy atom. The highest BCUT2D eigenvalue weighted by molar-refractivity contribution is 5.91. The first-order chi connectivity index (χ1) is 8.56. The average Bonchev–Trinajstić information content (AvgIpc) is 2.36.